The van der Waals surface area contributed by atoms with E-state index in [1.165, 1.54) is 17.5 Å². The molecule has 0 N–H and O–H groups in total. The Morgan fingerprint density at radius 2 is 2.00 bits per heavy atom. The van der Waals surface area contributed by atoms with Gasteiger partial charge in [-0.1, -0.05) is 29.3 Å². The standard InChI is InChI=1S/C14H14ClN5/c1-9-4-5-11(10(2)6-9)19(3)13-7-12(15)18-14-16-8-17-20(13)14/h4-8H,1-3H3. The molecule has 0 aliphatic rings. The molecule has 2 aromatic heterocycles. The van der Waals surface area contributed by atoms with Gasteiger partial charge in [0.15, 0.2) is 0 Å². The molecular formula is C14H14ClN5. The highest BCUT2D eigenvalue weighted by Gasteiger charge is 2.13. The van der Waals surface area contributed by atoms with Gasteiger partial charge in [0.05, 0.1) is 0 Å². The zero-order valence-corrected chi connectivity index (χ0v) is 12.3. The van der Waals surface area contributed by atoms with Crippen LogP contribution in [0.2, 0.25) is 5.15 Å². The molecule has 1 aromatic carbocycles. The number of hydrogen-bond donors (Lipinski definition) is 0. The van der Waals surface area contributed by atoms with Crippen LogP contribution in [0.3, 0.4) is 0 Å². The number of aryl methyl sites for hydroxylation is 2. The van der Waals surface area contributed by atoms with Gasteiger partial charge in [0.25, 0.3) is 5.78 Å². The Hall–Kier alpha value is -2.14. The smallest absolute Gasteiger partial charge is 0.255 e. The fourth-order valence-electron chi connectivity index (χ4n) is 2.31. The lowest BCUT2D eigenvalue weighted by Crippen LogP contribution is -2.15. The molecule has 0 saturated heterocycles. The van der Waals surface area contributed by atoms with Crippen molar-refractivity contribution in [1.29, 1.82) is 0 Å². The minimum absolute atomic E-state index is 0.400. The fourth-order valence-corrected chi connectivity index (χ4v) is 2.49. The third-order valence-corrected chi connectivity index (χ3v) is 3.45. The number of anilines is 2. The van der Waals surface area contributed by atoms with Crippen LogP contribution in [0.1, 0.15) is 11.1 Å². The SMILES string of the molecule is Cc1ccc(N(C)c2cc(Cl)nc3ncnn23)c(C)c1. The van der Waals surface area contributed by atoms with E-state index in [4.69, 9.17) is 11.6 Å². The number of halogens is 1. The molecule has 0 spiro atoms. The lowest BCUT2D eigenvalue weighted by atomic mass is 10.1. The van der Waals surface area contributed by atoms with Crippen LogP contribution in [0, 0.1) is 13.8 Å². The van der Waals surface area contributed by atoms with Crippen molar-refractivity contribution < 1.29 is 0 Å². The fraction of sp³-hybridized carbons (Fsp3) is 0.214. The first kappa shape index (κ1) is 12.9. The van der Waals surface area contributed by atoms with Gasteiger partial charge in [-0.2, -0.15) is 19.6 Å². The Balaban J connectivity index is 2.16. The largest absolute Gasteiger partial charge is 0.329 e. The highest BCUT2D eigenvalue weighted by molar-refractivity contribution is 6.29. The lowest BCUT2D eigenvalue weighted by Gasteiger charge is -2.22. The van der Waals surface area contributed by atoms with Crippen LogP contribution in [-0.4, -0.2) is 26.6 Å². The molecule has 0 atom stereocenters. The second-order valence-electron chi connectivity index (χ2n) is 4.76. The number of nitrogens with zero attached hydrogens (tertiary/aromatic N) is 5. The predicted molar refractivity (Wildman–Crippen MR) is 79.8 cm³/mol. The second-order valence-corrected chi connectivity index (χ2v) is 5.15. The van der Waals surface area contributed by atoms with Gasteiger partial charge < -0.3 is 4.90 Å². The number of benzene rings is 1. The van der Waals surface area contributed by atoms with E-state index in [0.717, 1.165) is 11.5 Å². The van der Waals surface area contributed by atoms with Crippen LogP contribution in [0.15, 0.2) is 30.6 Å². The third kappa shape index (κ3) is 2.10. The molecule has 0 fully saturated rings. The molecule has 2 heterocycles. The van der Waals surface area contributed by atoms with Crippen molar-refractivity contribution in [1.82, 2.24) is 19.6 Å². The van der Waals surface area contributed by atoms with E-state index in [2.05, 4.69) is 47.1 Å². The van der Waals surface area contributed by atoms with Crippen molar-refractivity contribution in [3.05, 3.63) is 46.9 Å². The Labute approximate surface area is 121 Å². The van der Waals surface area contributed by atoms with E-state index in [-0.39, 0.29) is 0 Å². The summed E-state index contributed by atoms with van der Waals surface area (Å²) < 4.78 is 1.67. The molecule has 20 heavy (non-hydrogen) atoms. The molecule has 0 aliphatic heterocycles. The third-order valence-electron chi connectivity index (χ3n) is 3.26. The van der Waals surface area contributed by atoms with Crippen LogP contribution < -0.4 is 4.90 Å². The van der Waals surface area contributed by atoms with Gasteiger partial charge in [0, 0.05) is 18.8 Å². The summed E-state index contributed by atoms with van der Waals surface area (Å²) in [6.07, 6.45) is 1.47. The highest BCUT2D eigenvalue weighted by Crippen LogP contribution is 2.28. The molecule has 0 saturated carbocycles. The molecule has 0 radical (unpaired) electrons. The average molecular weight is 288 g/mol. The lowest BCUT2D eigenvalue weighted by molar-refractivity contribution is 0.910. The summed E-state index contributed by atoms with van der Waals surface area (Å²) in [6.45, 7) is 4.16. The summed E-state index contributed by atoms with van der Waals surface area (Å²) in [5.41, 5.74) is 3.52. The normalized spacial score (nSPS) is 11.0. The molecule has 0 unspecified atom stereocenters. The van der Waals surface area contributed by atoms with Crippen molar-refractivity contribution in [2.24, 2.45) is 0 Å². The summed E-state index contributed by atoms with van der Waals surface area (Å²) in [5, 5.41) is 4.60. The van der Waals surface area contributed by atoms with E-state index in [9.17, 15) is 0 Å². The number of fused-ring (bicyclic) bond motifs is 1. The topological polar surface area (TPSA) is 46.3 Å². The maximum atomic E-state index is 6.06. The predicted octanol–water partition coefficient (Wildman–Crippen LogP) is 3.16. The molecule has 6 heteroatoms. The monoisotopic (exact) mass is 287 g/mol. The minimum Gasteiger partial charge on any atom is -0.329 e. The Kier molecular flexibility index (Phi) is 3.06. The van der Waals surface area contributed by atoms with Crippen LogP contribution in [0.25, 0.3) is 5.78 Å². The minimum atomic E-state index is 0.400. The van der Waals surface area contributed by atoms with Crippen LogP contribution in [0.5, 0.6) is 0 Å². The number of rotatable bonds is 2. The maximum absolute atomic E-state index is 6.06. The van der Waals surface area contributed by atoms with Gasteiger partial charge >= 0.3 is 0 Å². The first-order chi connectivity index (χ1) is 9.56. The van der Waals surface area contributed by atoms with Gasteiger partial charge in [-0.15, -0.1) is 0 Å². The molecule has 0 aliphatic carbocycles. The van der Waals surface area contributed by atoms with Gasteiger partial charge in [-0.25, -0.2) is 0 Å². The van der Waals surface area contributed by atoms with Gasteiger partial charge in [0.2, 0.25) is 0 Å². The van der Waals surface area contributed by atoms with E-state index in [1.54, 1.807) is 10.6 Å². The average Bonchev–Trinajstić information content (AvgIpc) is 2.85. The first-order valence-corrected chi connectivity index (χ1v) is 6.61. The van der Waals surface area contributed by atoms with Gasteiger partial charge in [-0.3, -0.25) is 0 Å². The molecule has 5 nitrogen and oxygen atoms in total. The van der Waals surface area contributed by atoms with E-state index in [0.29, 0.717) is 10.9 Å². The first-order valence-electron chi connectivity index (χ1n) is 6.23. The Bertz CT molecular complexity index is 780. The number of hydrogen-bond acceptors (Lipinski definition) is 4. The second kappa shape index (κ2) is 4.76. The number of aromatic nitrogens is 4. The van der Waals surface area contributed by atoms with E-state index < -0.39 is 0 Å². The summed E-state index contributed by atoms with van der Waals surface area (Å²) in [5.74, 6) is 1.31. The molecule has 0 amide bonds. The zero-order valence-electron chi connectivity index (χ0n) is 11.5. The quantitative estimate of drug-likeness (QED) is 0.679. The molecule has 3 rings (SSSR count). The maximum Gasteiger partial charge on any atom is 0.255 e. The van der Waals surface area contributed by atoms with Crippen molar-refractivity contribution in [2.45, 2.75) is 13.8 Å². The van der Waals surface area contributed by atoms with Crippen LogP contribution >= 0.6 is 11.6 Å². The molecule has 102 valence electrons. The zero-order chi connectivity index (χ0) is 14.3. The Morgan fingerprint density at radius 3 is 2.75 bits per heavy atom. The van der Waals surface area contributed by atoms with Crippen molar-refractivity contribution in [3.63, 3.8) is 0 Å². The van der Waals surface area contributed by atoms with E-state index in [1.807, 2.05) is 11.9 Å². The van der Waals surface area contributed by atoms with Gasteiger partial charge in [0.1, 0.15) is 17.3 Å². The molecule has 3 aromatic rings. The van der Waals surface area contributed by atoms with E-state index >= 15 is 0 Å². The Morgan fingerprint density at radius 1 is 1.20 bits per heavy atom. The van der Waals surface area contributed by atoms with Crippen LogP contribution in [-0.2, 0) is 0 Å². The van der Waals surface area contributed by atoms with Gasteiger partial charge in [-0.05, 0) is 25.5 Å². The van der Waals surface area contributed by atoms with Crippen molar-refractivity contribution in [3.8, 4) is 0 Å². The summed E-state index contributed by atoms with van der Waals surface area (Å²) in [7, 11) is 1.98. The molecular weight excluding hydrogens is 274 g/mol. The summed E-state index contributed by atoms with van der Waals surface area (Å²) in [6, 6.07) is 8.09. The summed E-state index contributed by atoms with van der Waals surface area (Å²) >= 11 is 6.06. The highest BCUT2D eigenvalue weighted by atomic mass is 35.5. The van der Waals surface area contributed by atoms with Crippen molar-refractivity contribution in [2.75, 3.05) is 11.9 Å². The molecule has 0 bridgehead atoms. The van der Waals surface area contributed by atoms with Crippen LogP contribution in [0.4, 0.5) is 11.5 Å². The van der Waals surface area contributed by atoms with Crippen molar-refractivity contribution >= 4 is 28.9 Å². The summed E-state index contributed by atoms with van der Waals surface area (Å²) in [4.78, 5) is 10.3.